The summed E-state index contributed by atoms with van der Waals surface area (Å²) in [5.74, 6) is 0.801. The lowest BCUT2D eigenvalue weighted by Gasteiger charge is -2.07. The summed E-state index contributed by atoms with van der Waals surface area (Å²) >= 11 is 6.02. The zero-order chi connectivity index (χ0) is 18.4. The van der Waals surface area contributed by atoms with Crippen LogP contribution >= 0.6 is 11.6 Å². The van der Waals surface area contributed by atoms with Gasteiger partial charge in [0.2, 0.25) is 5.36 Å². The Bertz CT molecular complexity index is 922. The fourth-order valence-corrected chi connectivity index (χ4v) is 3.02. The van der Waals surface area contributed by atoms with Crippen molar-refractivity contribution in [1.82, 2.24) is 4.58 Å². The normalized spacial score (nSPS) is 11.0. The largest absolute Gasteiger partial charge is 0.456 e. The van der Waals surface area contributed by atoms with Crippen LogP contribution in [0.3, 0.4) is 0 Å². The minimum Gasteiger partial charge on any atom is -0.456 e. The molecule has 1 aromatic heterocycles. The SMILES string of the molecule is COCC[N+](CCOC)=c1cc(-c2ccc(Cl)cc2)oc2ccccc12. The standard InChI is InChI=1S/C21H23ClNO3/c1-24-13-11-23(12-14-25-2)19-15-21(16-7-9-17(22)10-8-16)26-20-6-4-3-5-18(19)20/h3-10,15H,11-14H2,1-2H3/q+1. The molecule has 0 atom stereocenters. The van der Waals surface area contributed by atoms with Crippen molar-refractivity contribution in [1.29, 1.82) is 0 Å². The van der Waals surface area contributed by atoms with Crippen LogP contribution in [0.1, 0.15) is 0 Å². The van der Waals surface area contributed by atoms with E-state index >= 15 is 0 Å². The van der Waals surface area contributed by atoms with Crippen molar-refractivity contribution in [2.75, 3.05) is 40.5 Å². The predicted molar refractivity (Wildman–Crippen MR) is 105 cm³/mol. The average molecular weight is 373 g/mol. The van der Waals surface area contributed by atoms with Crippen LogP contribution in [0, 0.1) is 0 Å². The molecule has 4 nitrogen and oxygen atoms in total. The highest BCUT2D eigenvalue weighted by Gasteiger charge is 2.13. The first-order valence-corrected chi connectivity index (χ1v) is 8.95. The maximum absolute atomic E-state index is 6.16. The second kappa shape index (κ2) is 8.99. The number of rotatable bonds is 7. The minimum absolute atomic E-state index is 0.639. The summed E-state index contributed by atoms with van der Waals surface area (Å²) < 4.78 is 19.0. The molecule has 0 N–H and O–H groups in total. The van der Waals surface area contributed by atoms with E-state index in [9.17, 15) is 0 Å². The molecular formula is C21H23ClNO3+. The maximum atomic E-state index is 6.16. The van der Waals surface area contributed by atoms with Gasteiger partial charge in [-0.15, -0.1) is 0 Å². The molecule has 5 heteroatoms. The Labute approximate surface area is 158 Å². The third kappa shape index (κ3) is 4.33. The van der Waals surface area contributed by atoms with Crippen molar-refractivity contribution in [2.24, 2.45) is 0 Å². The van der Waals surface area contributed by atoms with Gasteiger partial charge in [-0.25, -0.2) is 4.58 Å². The molecule has 0 spiro atoms. The zero-order valence-electron chi connectivity index (χ0n) is 15.1. The Hall–Kier alpha value is -2.14. The third-order valence-electron chi connectivity index (χ3n) is 4.25. The molecule has 0 aliphatic heterocycles. The lowest BCUT2D eigenvalue weighted by atomic mass is 10.1. The molecule has 0 aliphatic rings. The highest BCUT2D eigenvalue weighted by Crippen LogP contribution is 2.23. The van der Waals surface area contributed by atoms with Crippen LogP contribution in [0.15, 0.2) is 59.0 Å². The first kappa shape index (κ1) is 18.6. The number of methoxy groups -OCH3 is 2. The number of hydrogen-bond acceptors (Lipinski definition) is 3. The topological polar surface area (TPSA) is 34.6 Å². The second-order valence-corrected chi connectivity index (χ2v) is 6.41. The fraction of sp³-hybridized carbons (Fsp3) is 0.286. The molecule has 26 heavy (non-hydrogen) atoms. The summed E-state index contributed by atoms with van der Waals surface area (Å²) in [5, 5.41) is 2.87. The van der Waals surface area contributed by atoms with Gasteiger partial charge in [-0.05, 0) is 36.4 Å². The molecule has 0 amide bonds. The number of fused-ring (bicyclic) bond motifs is 1. The smallest absolute Gasteiger partial charge is 0.214 e. The van der Waals surface area contributed by atoms with Gasteiger partial charge in [0.25, 0.3) is 0 Å². The molecule has 3 rings (SSSR count). The van der Waals surface area contributed by atoms with Crippen LogP contribution in [-0.2, 0) is 9.47 Å². The number of ether oxygens (including phenoxy) is 2. The number of para-hydroxylation sites is 1. The monoisotopic (exact) mass is 372 g/mol. The summed E-state index contributed by atoms with van der Waals surface area (Å²) in [6.45, 7) is 2.82. The first-order chi connectivity index (χ1) is 12.7. The quantitative estimate of drug-likeness (QED) is 0.591. The van der Waals surface area contributed by atoms with E-state index in [1.165, 1.54) is 0 Å². The van der Waals surface area contributed by atoms with Crippen LogP contribution < -0.4 is 9.93 Å². The van der Waals surface area contributed by atoms with Gasteiger partial charge in [-0.3, -0.25) is 0 Å². The van der Waals surface area contributed by atoms with Crippen molar-refractivity contribution in [3.8, 4) is 11.3 Å². The van der Waals surface area contributed by atoms with E-state index in [-0.39, 0.29) is 0 Å². The summed E-state index contributed by atoms with van der Waals surface area (Å²) in [6, 6.07) is 17.8. The summed E-state index contributed by atoms with van der Waals surface area (Å²) in [5.41, 5.74) is 1.83. The van der Waals surface area contributed by atoms with Crippen LogP contribution in [0.25, 0.3) is 22.3 Å². The van der Waals surface area contributed by atoms with E-state index in [2.05, 4.69) is 16.7 Å². The second-order valence-electron chi connectivity index (χ2n) is 5.97. The van der Waals surface area contributed by atoms with E-state index in [1.54, 1.807) is 14.2 Å². The molecule has 136 valence electrons. The van der Waals surface area contributed by atoms with Crippen molar-refractivity contribution < 1.29 is 13.9 Å². The lowest BCUT2D eigenvalue weighted by molar-refractivity contribution is 0.171. The summed E-state index contributed by atoms with van der Waals surface area (Å²) in [6.07, 6.45) is 0. The molecule has 3 aromatic rings. The molecule has 0 fully saturated rings. The van der Waals surface area contributed by atoms with Gasteiger partial charge in [0.1, 0.15) is 24.6 Å². The van der Waals surface area contributed by atoms with Gasteiger partial charge >= 0.3 is 0 Å². The van der Waals surface area contributed by atoms with Gasteiger partial charge in [-0.1, -0.05) is 23.7 Å². The summed E-state index contributed by atoms with van der Waals surface area (Å²) in [4.78, 5) is 0. The number of hydrogen-bond donors (Lipinski definition) is 0. The van der Waals surface area contributed by atoms with Gasteiger partial charge < -0.3 is 13.9 Å². The van der Waals surface area contributed by atoms with Gasteiger partial charge in [-0.2, -0.15) is 0 Å². The Balaban J connectivity index is 2.23. The minimum atomic E-state index is 0.639. The maximum Gasteiger partial charge on any atom is 0.214 e. The Kier molecular flexibility index (Phi) is 6.45. The van der Waals surface area contributed by atoms with E-state index in [4.69, 9.17) is 25.5 Å². The fourth-order valence-electron chi connectivity index (χ4n) is 2.89. The Morgan fingerprint density at radius 2 is 1.58 bits per heavy atom. The molecule has 0 bridgehead atoms. The Morgan fingerprint density at radius 3 is 2.23 bits per heavy atom. The third-order valence-corrected chi connectivity index (χ3v) is 4.50. The number of benzene rings is 2. The van der Waals surface area contributed by atoms with E-state index in [0.717, 1.165) is 40.7 Å². The van der Waals surface area contributed by atoms with Crippen LogP contribution in [-0.4, -0.2) is 40.5 Å². The predicted octanol–water partition coefficient (Wildman–Crippen LogP) is 3.82. The average Bonchev–Trinajstić information content (AvgIpc) is 2.68. The van der Waals surface area contributed by atoms with E-state index in [1.807, 2.05) is 42.5 Å². The zero-order valence-corrected chi connectivity index (χ0v) is 15.8. The van der Waals surface area contributed by atoms with Crippen molar-refractivity contribution in [2.45, 2.75) is 0 Å². The Morgan fingerprint density at radius 1 is 0.923 bits per heavy atom. The molecule has 0 unspecified atom stereocenters. The van der Waals surface area contributed by atoms with Crippen molar-refractivity contribution >= 4 is 22.6 Å². The number of halogens is 1. The van der Waals surface area contributed by atoms with Gasteiger partial charge in [0.15, 0.2) is 13.1 Å². The molecule has 0 saturated heterocycles. The van der Waals surface area contributed by atoms with E-state index < -0.39 is 0 Å². The van der Waals surface area contributed by atoms with Crippen LogP contribution in [0.4, 0.5) is 0 Å². The van der Waals surface area contributed by atoms with Gasteiger partial charge in [0.05, 0.1) is 11.5 Å². The molecule has 0 radical (unpaired) electrons. The number of nitrogens with zero attached hydrogens (tertiary/aromatic N) is 1. The molecule has 0 saturated carbocycles. The molecular weight excluding hydrogens is 350 g/mol. The van der Waals surface area contributed by atoms with Crippen molar-refractivity contribution in [3.05, 3.63) is 65.0 Å². The molecule has 0 aliphatic carbocycles. The molecule has 1 heterocycles. The lowest BCUT2D eigenvalue weighted by Crippen LogP contribution is -2.35. The van der Waals surface area contributed by atoms with Crippen LogP contribution in [0.2, 0.25) is 5.02 Å². The highest BCUT2D eigenvalue weighted by atomic mass is 35.5. The highest BCUT2D eigenvalue weighted by molar-refractivity contribution is 6.30. The molecule has 2 aromatic carbocycles. The summed E-state index contributed by atoms with van der Waals surface area (Å²) in [7, 11) is 3.43. The van der Waals surface area contributed by atoms with Crippen LogP contribution in [0.5, 0.6) is 0 Å². The van der Waals surface area contributed by atoms with E-state index in [0.29, 0.717) is 18.2 Å². The van der Waals surface area contributed by atoms with Gasteiger partial charge in [0, 0.05) is 24.8 Å². The first-order valence-electron chi connectivity index (χ1n) is 8.57. The van der Waals surface area contributed by atoms with Crippen molar-refractivity contribution in [3.63, 3.8) is 0 Å².